The monoisotopic (exact) mass is 204 g/mol. The van der Waals surface area contributed by atoms with Crippen molar-refractivity contribution in [3.8, 4) is 0 Å². The molecule has 1 nitrogen and oxygen atoms in total. The Morgan fingerprint density at radius 1 is 1.14 bits per heavy atom. The molecule has 1 aromatic rings. The average Bonchev–Trinajstić information content (AvgIpc) is 2.14. The van der Waals surface area contributed by atoms with Gasteiger partial charge in [-0.25, -0.2) is 0 Å². The highest BCUT2D eigenvalue weighted by atomic mass is 19.4. The van der Waals surface area contributed by atoms with Gasteiger partial charge in [0, 0.05) is 6.42 Å². The lowest BCUT2D eigenvalue weighted by Gasteiger charge is -2.12. The van der Waals surface area contributed by atoms with Gasteiger partial charge in [-0.3, -0.25) is 0 Å². The minimum Gasteiger partial charge on any atom is -0.388 e. The second-order valence-electron chi connectivity index (χ2n) is 3.08. The number of hydrogen-bond acceptors (Lipinski definition) is 1. The fourth-order valence-corrected chi connectivity index (χ4v) is 1.14. The Labute approximate surface area is 80.2 Å². The lowest BCUT2D eigenvalue weighted by atomic mass is 10.1. The smallest absolute Gasteiger partial charge is 0.388 e. The number of halogens is 3. The summed E-state index contributed by atoms with van der Waals surface area (Å²) in [6.07, 6.45) is -6.47. The van der Waals surface area contributed by atoms with E-state index in [1.165, 1.54) is 0 Å². The Morgan fingerprint density at radius 2 is 1.71 bits per heavy atom. The molecule has 14 heavy (non-hydrogen) atoms. The van der Waals surface area contributed by atoms with Gasteiger partial charge in [0.15, 0.2) is 0 Å². The molecular formula is C10H11F3O. The molecule has 78 valence electrons. The van der Waals surface area contributed by atoms with Gasteiger partial charge in [0.25, 0.3) is 0 Å². The number of aliphatic hydroxyl groups is 1. The van der Waals surface area contributed by atoms with E-state index in [1.54, 1.807) is 30.3 Å². The summed E-state index contributed by atoms with van der Waals surface area (Å²) in [5, 5.41) is 9.38. The van der Waals surface area contributed by atoms with Gasteiger partial charge in [-0.1, -0.05) is 30.3 Å². The molecule has 1 atom stereocenters. The first-order valence-electron chi connectivity index (χ1n) is 4.29. The van der Waals surface area contributed by atoms with Crippen molar-refractivity contribution >= 4 is 0 Å². The highest BCUT2D eigenvalue weighted by Gasteiger charge is 2.28. The molecule has 0 bridgehead atoms. The van der Waals surface area contributed by atoms with Crippen LogP contribution < -0.4 is 0 Å². The molecule has 0 amide bonds. The quantitative estimate of drug-likeness (QED) is 0.802. The van der Waals surface area contributed by atoms with Gasteiger partial charge in [0.05, 0.1) is 6.10 Å². The van der Waals surface area contributed by atoms with Crippen molar-refractivity contribution in [2.45, 2.75) is 25.1 Å². The largest absolute Gasteiger partial charge is 0.389 e. The van der Waals surface area contributed by atoms with Crippen LogP contribution in [0.2, 0.25) is 0 Å². The third-order valence-electron chi connectivity index (χ3n) is 1.89. The van der Waals surface area contributed by atoms with Crippen LogP contribution in [0.4, 0.5) is 13.2 Å². The summed E-state index contributed by atoms with van der Waals surface area (Å²) in [7, 11) is 0. The van der Waals surface area contributed by atoms with Crippen molar-refractivity contribution in [1.29, 1.82) is 0 Å². The van der Waals surface area contributed by atoms with Crippen molar-refractivity contribution < 1.29 is 18.3 Å². The van der Waals surface area contributed by atoms with Crippen LogP contribution in [-0.4, -0.2) is 11.3 Å². The standard InChI is InChI=1S/C10H11F3O/c11-10(12,13)7-6-9(14)8-4-2-1-3-5-8/h1-5,9,14H,6-7H2. The van der Waals surface area contributed by atoms with Crippen LogP contribution in [0.1, 0.15) is 24.5 Å². The predicted molar refractivity (Wildman–Crippen MR) is 46.7 cm³/mol. The van der Waals surface area contributed by atoms with Crippen LogP contribution in [0, 0.1) is 0 Å². The van der Waals surface area contributed by atoms with E-state index in [0.29, 0.717) is 5.56 Å². The molecule has 0 fully saturated rings. The number of rotatable bonds is 3. The van der Waals surface area contributed by atoms with Gasteiger partial charge in [0.1, 0.15) is 0 Å². The molecule has 0 radical (unpaired) electrons. The van der Waals surface area contributed by atoms with Gasteiger partial charge >= 0.3 is 6.18 Å². The van der Waals surface area contributed by atoms with E-state index < -0.39 is 18.7 Å². The predicted octanol–water partition coefficient (Wildman–Crippen LogP) is 3.06. The van der Waals surface area contributed by atoms with Crippen molar-refractivity contribution in [3.63, 3.8) is 0 Å². The maximum atomic E-state index is 11.8. The van der Waals surface area contributed by atoms with Crippen LogP contribution in [0.3, 0.4) is 0 Å². The highest BCUT2D eigenvalue weighted by Crippen LogP contribution is 2.27. The fraction of sp³-hybridized carbons (Fsp3) is 0.400. The zero-order chi connectivity index (χ0) is 10.6. The molecule has 0 spiro atoms. The lowest BCUT2D eigenvalue weighted by molar-refractivity contribution is -0.140. The third kappa shape index (κ3) is 3.79. The second-order valence-corrected chi connectivity index (χ2v) is 3.08. The van der Waals surface area contributed by atoms with E-state index in [1.807, 2.05) is 0 Å². The van der Waals surface area contributed by atoms with E-state index in [4.69, 9.17) is 0 Å². The first kappa shape index (κ1) is 11.0. The summed E-state index contributed by atoms with van der Waals surface area (Å²) in [6.45, 7) is 0. The minimum absolute atomic E-state index is 0.284. The van der Waals surface area contributed by atoms with E-state index >= 15 is 0 Å². The van der Waals surface area contributed by atoms with Crippen molar-refractivity contribution in [2.75, 3.05) is 0 Å². The Morgan fingerprint density at radius 3 is 2.21 bits per heavy atom. The molecule has 1 aromatic carbocycles. The van der Waals surface area contributed by atoms with Crippen molar-refractivity contribution in [1.82, 2.24) is 0 Å². The molecular weight excluding hydrogens is 193 g/mol. The molecule has 0 aromatic heterocycles. The van der Waals surface area contributed by atoms with Gasteiger partial charge in [-0.2, -0.15) is 13.2 Å². The zero-order valence-corrected chi connectivity index (χ0v) is 7.46. The van der Waals surface area contributed by atoms with Gasteiger partial charge in [-0.05, 0) is 12.0 Å². The molecule has 4 heteroatoms. The number of benzene rings is 1. The summed E-state index contributed by atoms with van der Waals surface area (Å²) < 4.78 is 35.5. The van der Waals surface area contributed by atoms with Gasteiger partial charge in [-0.15, -0.1) is 0 Å². The lowest BCUT2D eigenvalue weighted by Crippen LogP contribution is -2.09. The maximum absolute atomic E-state index is 11.8. The molecule has 1 rings (SSSR count). The molecule has 0 saturated carbocycles. The fourth-order valence-electron chi connectivity index (χ4n) is 1.14. The average molecular weight is 204 g/mol. The molecule has 1 N–H and O–H groups in total. The van der Waals surface area contributed by atoms with Crippen LogP contribution in [0.15, 0.2) is 30.3 Å². The normalized spacial score (nSPS) is 14.0. The topological polar surface area (TPSA) is 20.2 Å². The summed E-state index contributed by atoms with van der Waals surface area (Å²) >= 11 is 0. The molecule has 0 aliphatic rings. The van der Waals surface area contributed by atoms with E-state index in [0.717, 1.165) is 0 Å². The number of aliphatic hydroxyl groups excluding tert-OH is 1. The van der Waals surface area contributed by atoms with Crippen LogP contribution in [-0.2, 0) is 0 Å². The molecule has 0 heterocycles. The SMILES string of the molecule is OC(CCC(F)(F)F)c1ccccc1. The third-order valence-corrected chi connectivity index (χ3v) is 1.89. The first-order chi connectivity index (χ1) is 6.49. The van der Waals surface area contributed by atoms with E-state index in [-0.39, 0.29) is 6.42 Å². The zero-order valence-electron chi connectivity index (χ0n) is 7.46. The Bertz CT molecular complexity index is 268. The maximum Gasteiger partial charge on any atom is 0.389 e. The first-order valence-corrected chi connectivity index (χ1v) is 4.29. The summed E-state index contributed by atoms with van der Waals surface area (Å²) in [6, 6.07) is 8.35. The Balaban J connectivity index is 2.48. The van der Waals surface area contributed by atoms with Crippen LogP contribution in [0.25, 0.3) is 0 Å². The number of hydrogen-bond donors (Lipinski definition) is 1. The second kappa shape index (κ2) is 4.46. The number of alkyl halides is 3. The van der Waals surface area contributed by atoms with E-state index in [2.05, 4.69) is 0 Å². The molecule has 0 aliphatic carbocycles. The van der Waals surface area contributed by atoms with Crippen molar-refractivity contribution in [3.05, 3.63) is 35.9 Å². The summed E-state index contributed by atoms with van der Waals surface area (Å²) in [5.74, 6) is 0. The minimum atomic E-state index is -4.20. The Kier molecular flexibility index (Phi) is 3.52. The highest BCUT2D eigenvalue weighted by molar-refractivity contribution is 5.17. The van der Waals surface area contributed by atoms with Gasteiger partial charge < -0.3 is 5.11 Å². The van der Waals surface area contributed by atoms with Crippen LogP contribution in [0.5, 0.6) is 0 Å². The molecule has 0 saturated heterocycles. The summed E-state index contributed by atoms with van der Waals surface area (Å²) in [4.78, 5) is 0. The Hall–Kier alpha value is -1.03. The van der Waals surface area contributed by atoms with E-state index in [9.17, 15) is 18.3 Å². The molecule has 0 aliphatic heterocycles. The van der Waals surface area contributed by atoms with Gasteiger partial charge in [0.2, 0.25) is 0 Å². The summed E-state index contributed by atoms with van der Waals surface area (Å²) in [5.41, 5.74) is 0.525. The molecule has 1 unspecified atom stereocenters. The van der Waals surface area contributed by atoms with Crippen LogP contribution >= 0.6 is 0 Å². The van der Waals surface area contributed by atoms with Crippen molar-refractivity contribution in [2.24, 2.45) is 0 Å².